The lowest BCUT2D eigenvalue weighted by molar-refractivity contribution is 0.134. The molecule has 0 saturated carbocycles. The van der Waals surface area contributed by atoms with Crippen LogP contribution in [0.2, 0.25) is 0 Å². The van der Waals surface area contributed by atoms with Crippen LogP contribution in [0.4, 0.5) is 8.78 Å². The Kier molecular flexibility index (Phi) is 3.21. The minimum Gasteiger partial charge on any atom is -0.482 e. The Bertz CT molecular complexity index is 341. The summed E-state index contributed by atoms with van der Waals surface area (Å²) in [6, 6.07) is 2.35. The molecule has 1 heterocycles. The molecule has 0 unspecified atom stereocenters. The van der Waals surface area contributed by atoms with E-state index in [-0.39, 0.29) is 11.9 Å². The van der Waals surface area contributed by atoms with Crippen molar-refractivity contribution in [3.8, 4) is 5.75 Å². The first kappa shape index (κ1) is 10.8. The van der Waals surface area contributed by atoms with Gasteiger partial charge in [0.15, 0.2) is 17.4 Å². The van der Waals surface area contributed by atoms with Crippen LogP contribution in [0.25, 0.3) is 0 Å². The highest BCUT2D eigenvalue weighted by Gasteiger charge is 2.21. The maximum absolute atomic E-state index is 13.3. The van der Waals surface area contributed by atoms with Crippen LogP contribution < -0.4 is 4.74 Å². The molecule has 1 aliphatic heterocycles. The standard InChI is InChI=1S/C10H9BrF2O2/c11-6-3-8(12)10(9(13)4-6)15-7-1-2-14-5-7/h3-4,7H,1-2,5H2/t7-/m0/s1. The second-order valence-electron chi connectivity index (χ2n) is 3.30. The summed E-state index contributed by atoms with van der Waals surface area (Å²) in [5.41, 5.74) is 0. The minimum atomic E-state index is -0.700. The predicted octanol–water partition coefficient (Wildman–Crippen LogP) is 2.90. The van der Waals surface area contributed by atoms with Gasteiger partial charge in [-0.3, -0.25) is 0 Å². The number of halogens is 3. The molecule has 2 nitrogen and oxygen atoms in total. The predicted molar refractivity (Wildman–Crippen MR) is 53.9 cm³/mol. The van der Waals surface area contributed by atoms with Crippen molar-refractivity contribution < 1.29 is 18.3 Å². The summed E-state index contributed by atoms with van der Waals surface area (Å²) in [6.07, 6.45) is 0.407. The molecule has 1 aromatic rings. The van der Waals surface area contributed by atoms with Crippen LogP contribution in [0, 0.1) is 11.6 Å². The van der Waals surface area contributed by atoms with Gasteiger partial charge in [-0.15, -0.1) is 0 Å². The number of ether oxygens (including phenoxy) is 2. The van der Waals surface area contributed by atoms with Crippen LogP contribution in [-0.4, -0.2) is 19.3 Å². The van der Waals surface area contributed by atoms with Gasteiger partial charge < -0.3 is 9.47 Å². The van der Waals surface area contributed by atoms with E-state index in [1.807, 2.05) is 0 Å². The maximum Gasteiger partial charge on any atom is 0.191 e. The van der Waals surface area contributed by atoms with E-state index in [1.165, 1.54) is 12.1 Å². The van der Waals surface area contributed by atoms with Gasteiger partial charge >= 0.3 is 0 Å². The molecule has 0 aromatic heterocycles. The summed E-state index contributed by atoms with van der Waals surface area (Å²) < 4.78 is 37.3. The van der Waals surface area contributed by atoms with Crippen molar-refractivity contribution in [3.05, 3.63) is 28.2 Å². The first-order valence-corrected chi connectivity index (χ1v) is 5.35. The molecule has 1 aliphatic rings. The lowest BCUT2D eigenvalue weighted by Gasteiger charge is -2.13. The van der Waals surface area contributed by atoms with Crippen molar-refractivity contribution in [2.45, 2.75) is 12.5 Å². The van der Waals surface area contributed by atoms with E-state index >= 15 is 0 Å². The topological polar surface area (TPSA) is 18.5 Å². The molecule has 0 bridgehead atoms. The number of hydrogen-bond acceptors (Lipinski definition) is 2. The average Bonchev–Trinajstić information content (AvgIpc) is 2.63. The normalized spacial score (nSPS) is 20.6. The summed E-state index contributed by atoms with van der Waals surface area (Å²) in [7, 11) is 0. The Morgan fingerprint density at radius 3 is 2.53 bits per heavy atom. The van der Waals surface area contributed by atoms with Crippen LogP contribution in [0.1, 0.15) is 6.42 Å². The highest BCUT2D eigenvalue weighted by molar-refractivity contribution is 9.10. The van der Waals surface area contributed by atoms with Gasteiger partial charge in [0.1, 0.15) is 6.10 Å². The molecule has 1 atom stereocenters. The van der Waals surface area contributed by atoms with E-state index in [9.17, 15) is 8.78 Å². The van der Waals surface area contributed by atoms with Crippen molar-refractivity contribution in [1.29, 1.82) is 0 Å². The molecule has 0 N–H and O–H groups in total. The van der Waals surface area contributed by atoms with E-state index in [1.54, 1.807) is 0 Å². The second-order valence-corrected chi connectivity index (χ2v) is 4.22. The quantitative estimate of drug-likeness (QED) is 0.828. The minimum absolute atomic E-state index is 0.254. The Morgan fingerprint density at radius 2 is 2.00 bits per heavy atom. The van der Waals surface area contributed by atoms with Crippen molar-refractivity contribution in [3.63, 3.8) is 0 Å². The van der Waals surface area contributed by atoms with Gasteiger partial charge in [0.2, 0.25) is 0 Å². The fraction of sp³-hybridized carbons (Fsp3) is 0.400. The highest BCUT2D eigenvalue weighted by atomic mass is 79.9. The molecule has 2 rings (SSSR count). The summed E-state index contributed by atoms with van der Waals surface area (Å²) >= 11 is 3.00. The van der Waals surface area contributed by atoms with Crippen LogP contribution in [0.5, 0.6) is 5.75 Å². The lowest BCUT2D eigenvalue weighted by atomic mass is 10.3. The smallest absolute Gasteiger partial charge is 0.191 e. The van der Waals surface area contributed by atoms with Crippen molar-refractivity contribution in [2.75, 3.05) is 13.2 Å². The fourth-order valence-electron chi connectivity index (χ4n) is 1.41. The third-order valence-electron chi connectivity index (χ3n) is 2.14. The van der Waals surface area contributed by atoms with Gasteiger partial charge in [-0.25, -0.2) is 8.78 Å². The fourth-order valence-corrected chi connectivity index (χ4v) is 1.82. The molecular formula is C10H9BrF2O2. The largest absolute Gasteiger partial charge is 0.482 e. The highest BCUT2D eigenvalue weighted by Crippen LogP contribution is 2.27. The number of rotatable bonds is 2. The molecule has 0 aliphatic carbocycles. The van der Waals surface area contributed by atoms with Crippen molar-refractivity contribution in [2.24, 2.45) is 0 Å². The third kappa shape index (κ3) is 2.46. The zero-order valence-corrected chi connectivity index (χ0v) is 9.39. The van der Waals surface area contributed by atoms with Gasteiger partial charge in [0, 0.05) is 10.9 Å². The molecule has 82 valence electrons. The van der Waals surface area contributed by atoms with Gasteiger partial charge in [-0.2, -0.15) is 0 Å². The molecule has 1 fully saturated rings. The molecule has 0 spiro atoms. The van der Waals surface area contributed by atoms with Crippen LogP contribution in [0.3, 0.4) is 0 Å². The molecule has 1 saturated heterocycles. The third-order valence-corrected chi connectivity index (χ3v) is 2.59. The molecule has 5 heteroatoms. The van der Waals surface area contributed by atoms with Crippen molar-refractivity contribution in [1.82, 2.24) is 0 Å². The summed E-state index contributed by atoms with van der Waals surface area (Å²) in [6.45, 7) is 0.958. The van der Waals surface area contributed by atoms with E-state index in [2.05, 4.69) is 15.9 Å². The summed E-state index contributed by atoms with van der Waals surface area (Å²) in [4.78, 5) is 0. The Hall–Kier alpha value is -0.680. The summed E-state index contributed by atoms with van der Waals surface area (Å²) in [5.74, 6) is -1.73. The van der Waals surface area contributed by atoms with Gasteiger partial charge in [-0.05, 0) is 12.1 Å². The maximum atomic E-state index is 13.3. The molecule has 15 heavy (non-hydrogen) atoms. The molecule has 0 radical (unpaired) electrons. The van der Waals surface area contributed by atoms with E-state index in [0.717, 1.165) is 0 Å². The zero-order chi connectivity index (χ0) is 10.8. The Morgan fingerprint density at radius 1 is 1.33 bits per heavy atom. The van der Waals surface area contributed by atoms with Gasteiger partial charge in [0.05, 0.1) is 13.2 Å². The van der Waals surface area contributed by atoms with E-state index in [0.29, 0.717) is 24.1 Å². The average molecular weight is 279 g/mol. The molecular weight excluding hydrogens is 270 g/mol. The second kappa shape index (κ2) is 4.45. The van der Waals surface area contributed by atoms with Crippen molar-refractivity contribution >= 4 is 15.9 Å². The van der Waals surface area contributed by atoms with Gasteiger partial charge in [0.25, 0.3) is 0 Å². The van der Waals surface area contributed by atoms with Gasteiger partial charge in [-0.1, -0.05) is 15.9 Å². The van der Waals surface area contributed by atoms with Crippen LogP contribution in [-0.2, 0) is 4.74 Å². The monoisotopic (exact) mass is 278 g/mol. The Balaban J connectivity index is 2.19. The first-order chi connectivity index (χ1) is 7.16. The number of hydrogen-bond donors (Lipinski definition) is 0. The van der Waals surface area contributed by atoms with Crippen LogP contribution in [0.15, 0.2) is 16.6 Å². The molecule has 1 aromatic carbocycles. The first-order valence-electron chi connectivity index (χ1n) is 4.56. The van der Waals surface area contributed by atoms with Crippen LogP contribution >= 0.6 is 15.9 Å². The molecule has 0 amide bonds. The van der Waals surface area contributed by atoms with E-state index in [4.69, 9.17) is 9.47 Å². The number of benzene rings is 1. The SMILES string of the molecule is Fc1cc(Br)cc(F)c1O[C@H]1CCOC1. The van der Waals surface area contributed by atoms with E-state index < -0.39 is 11.6 Å². The summed E-state index contributed by atoms with van der Waals surface area (Å²) in [5, 5.41) is 0. The Labute approximate surface area is 94.3 Å². The lowest BCUT2D eigenvalue weighted by Crippen LogP contribution is -2.17. The zero-order valence-electron chi connectivity index (χ0n) is 7.80.